The second-order valence-electron chi connectivity index (χ2n) is 7.00. The van der Waals surface area contributed by atoms with Gasteiger partial charge in [-0.3, -0.25) is 0 Å². The SMILES string of the molecule is CC1(CCCOCC2CO2)COC(C)(C)C(C)(C)O1. The third-order valence-electron chi connectivity index (χ3n) is 4.39. The lowest BCUT2D eigenvalue weighted by atomic mass is 9.85. The summed E-state index contributed by atoms with van der Waals surface area (Å²) in [6, 6.07) is 0. The van der Waals surface area contributed by atoms with Crippen LogP contribution in [-0.2, 0) is 18.9 Å². The van der Waals surface area contributed by atoms with Crippen LogP contribution < -0.4 is 0 Å². The van der Waals surface area contributed by atoms with E-state index in [0.29, 0.717) is 12.7 Å². The summed E-state index contributed by atoms with van der Waals surface area (Å²) >= 11 is 0. The van der Waals surface area contributed by atoms with Crippen LogP contribution in [0.2, 0.25) is 0 Å². The molecule has 2 aliphatic rings. The molecule has 2 aliphatic heterocycles. The first-order chi connectivity index (χ1) is 8.74. The largest absolute Gasteiger partial charge is 0.379 e. The first-order valence-corrected chi connectivity index (χ1v) is 7.28. The Balaban J connectivity index is 1.72. The maximum Gasteiger partial charge on any atom is 0.104 e. The lowest BCUT2D eigenvalue weighted by Gasteiger charge is -2.52. The highest BCUT2D eigenvalue weighted by Gasteiger charge is 2.49. The Labute approximate surface area is 116 Å². The van der Waals surface area contributed by atoms with Crippen molar-refractivity contribution in [3.05, 3.63) is 0 Å². The van der Waals surface area contributed by atoms with E-state index in [1.807, 2.05) is 0 Å². The van der Waals surface area contributed by atoms with Gasteiger partial charge in [0.25, 0.3) is 0 Å². The fourth-order valence-corrected chi connectivity index (χ4v) is 2.33. The van der Waals surface area contributed by atoms with Crippen LogP contribution in [0.1, 0.15) is 47.5 Å². The van der Waals surface area contributed by atoms with Gasteiger partial charge in [-0.1, -0.05) is 0 Å². The molecule has 0 bridgehead atoms. The first kappa shape index (κ1) is 15.2. The molecule has 112 valence electrons. The number of ether oxygens (including phenoxy) is 4. The minimum atomic E-state index is -0.275. The molecule has 0 aromatic carbocycles. The van der Waals surface area contributed by atoms with Crippen LogP contribution >= 0.6 is 0 Å². The molecular weight excluding hydrogens is 244 g/mol. The molecule has 0 aliphatic carbocycles. The molecule has 0 N–H and O–H groups in total. The van der Waals surface area contributed by atoms with Gasteiger partial charge in [0.05, 0.1) is 36.6 Å². The van der Waals surface area contributed by atoms with Crippen molar-refractivity contribution in [2.45, 2.75) is 70.4 Å². The molecule has 2 unspecified atom stereocenters. The molecule has 19 heavy (non-hydrogen) atoms. The summed E-state index contributed by atoms with van der Waals surface area (Å²) in [4.78, 5) is 0. The van der Waals surface area contributed by atoms with Gasteiger partial charge in [0, 0.05) is 6.61 Å². The van der Waals surface area contributed by atoms with Gasteiger partial charge in [-0.25, -0.2) is 0 Å². The molecule has 4 nitrogen and oxygen atoms in total. The van der Waals surface area contributed by atoms with E-state index in [1.54, 1.807) is 0 Å². The van der Waals surface area contributed by atoms with Crippen molar-refractivity contribution in [1.82, 2.24) is 0 Å². The van der Waals surface area contributed by atoms with E-state index in [0.717, 1.165) is 32.7 Å². The van der Waals surface area contributed by atoms with E-state index in [4.69, 9.17) is 18.9 Å². The van der Waals surface area contributed by atoms with E-state index >= 15 is 0 Å². The fourth-order valence-electron chi connectivity index (χ4n) is 2.33. The lowest BCUT2D eigenvalue weighted by Crippen LogP contribution is -2.61. The fraction of sp³-hybridized carbons (Fsp3) is 1.00. The third kappa shape index (κ3) is 3.91. The van der Waals surface area contributed by atoms with E-state index in [2.05, 4.69) is 34.6 Å². The number of epoxide rings is 1. The Hall–Kier alpha value is -0.160. The molecular formula is C15H28O4. The minimum absolute atomic E-state index is 0.210. The van der Waals surface area contributed by atoms with Gasteiger partial charge in [-0.2, -0.15) is 0 Å². The molecule has 2 rings (SSSR count). The topological polar surface area (TPSA) is 40.2 Å². The maximum atomic E-state index is 6.31. The van der Waals surface area contributed by atoms with E-state index in [9.17, 15) is 0 Å². The predicted octanol–water partition coefficient (Wildman–Crippen LogP) is 2.54. The van der Waals surface area contributed by atoms with Gasteiger partial charge in [0.15, 0.2) is 0 Å². The molecule has 4 heteroatoms. The Morgan fingerprint density at radius 2 is 1.79 bits per heavy atom. The molecule has 2 saturated heterocycles. The molecule has 2 heterocycles. The lowest BCUT2D eigenvalue weighted by molar-refractivity contribution is -0.299. The molecule has 0 aromatic rings. The Morgan fingerprint density at radius 3 is 2.37 bits per heavy atom. The van der Waals surface area contributed by atoms with Crippen LogP contribution in [0, 0.1) is 0 Å². The Morgan fingerprint density at radius 1 is 1.11 bits per heavy atom. The van der Waals surface area contributed by atoms with Gasteiger partial charge in [0.1, 0.15) is 6.10 Å². The highest BCUT2D eigenvalue weighted by atomic mass is 16.6. The average Bonchev–Trinajstić information content (AvgIpc) is 3.08. The molecule has 0 aromatic heterocycles. The number of rotatable bonds is 6. The van der Waals surface area contributed by atoms with Crippen LogP contribution in [0.5, 0.6) is 0 Å². The highest BCUT2D eigenvalue weighted by Crippen LogP contribution is 2.40. The van der Waals surface area contributed by atoms with Crippen molar-refractivity contribution < 1.29 is 18.9 Å². The van der Waals surface area contributed by atoms with Gasteiger partial charge in [0.2, 0.25) is 0 Å². The summed E-state index contributed by atoms with van der Waals surface area (Å²) in [5.74, 6) is 0. The van der Waals surface area contributed by atoms with E-state index in [1.165, 1.54) is 0 Å². The predicted molar refractivity (Wildman–Crippen MR) is 73.4 cm³/mol. The van der Waals surface area contributed by atoms with Crippen LogP contribution in [0.25, 0.3) is 0 Å². The zero-order chi connectivity index (χ0) is 14.1. The van der Waals surface area contributed by atoms with Crippen LogP contribution in [-0.4, -0.2) is 49.3 Å². The highest BCUT2D eigenvalue weighted by molar-refractivity contribution is 4.97. The molecule has 2 fully saturated rings. The van der Waals surface area contributed by atoms with Crippen LogP contribution in [0.15, 0.2) is 0 Å². The molecule has 0 saturated carbocycles. The maximum absolute atomic E-state index is 6.31. The van der Waals surface area contributed by atoms with Gasteiger partial charge in [-0.15, -0.1) is 0 Å². The molecule has 0 amide bonds. The summed E-state index contributed by atoms with van der Waals surface area (Å²) in [6.45, 7) is 13.5. The van der Waals surface area contributed by atoms with Crippen LogP contribution in [0.3, 0.4) is 0 Å². The monoisotopic (exact) mass is 272 g/mol. The third-order valence-corrected chi connectivity index (χ3v) is 4.39. The van der Waals surface area contributed by atoms with Crippen molar-refractivity contribution in [2.24, 2.45) is 0 Å². The molecule has 0 spiro atoms. The second kappa shape index (κ2) is 5.32. The van der Waals surface area contributed by atoms with Crippen LogP contribution in [0.4, 0.5) is 0 Å². The minimum Gasteiger partial charge on any atom is -0.379 e. The van der Waals surface area contributed by atoms with Crippen molar-refractivity contribution >= 4 is 0 Å². The number of hydrogen-bond acceptors (Lipinski definition) is 4. The average molecular weight is 272 g/mol. The van der Waals surface area contributed by atoms with Crippen molar-refractivity contribution in [2.75, 3.05) is 26.4 Å². The van der Waals surface area contributed by atoms with Crippen molar-refractivity contribution in [3.63, 3.8) is 0 Å². The molecule has 0 radical (unpaired) electrons. The first-order valence-electron chi connectivity index (χ1n) is 7.28. The summed E-state index contributed by atoms with van der Waals surface area (Å²) in [6.07, 6.45) is 2.30. The van der Waals surface area contributed by atoms with Crippen molar-refractivity contribution in [3.8, 4) is 0 Å². The summed E-state index contributed by atoms with van der Waals surface area (Å²) < 4.78 is 23.0. The summed E-state index contributed by atoms with van der Waals surface area (Å²) in [5, 5.41) is 0. The quantitative estimate of drug-likeness (QED) is 0.550. The van der Waals surface area contributed by atoms with E-state index < -0.39 is 0 Å². The van der Waals surface area contributed by atoms with Gasteiger partial charge in [-0.05, 0) is 47.5 Å². The van der Waals surface area contributed by atoms with E-state index in [-0.39, 0.29) is 16.8 Å². The number of hydrogen-bond donors (Lipinski definition) is 0. The normalized spacial score (nSPS) is 36.2. The standard InChI is InChI=1S/C15H28O4/c1-13(2)14(3,4)19-15(5,11-18-13)7-6-8-16-9-12-10-17-12/h12H,6-11H2,1-5H3. The Kier molecular flexibility index (Phi) is 4.26. The second-order valence-corrected chi connectivity index (χ2v) is 7.00. The molecule has 2 atom stereocenters. The van der Waals surface area contributed by atoms with Gasteiger partial charge >= 0.3 is 0 Å². The zero-order valence-electron chi connectivity index (χ0n) is 13.0. The smallest absolute Gasteiger partial charge is 0.104 e. The van der Waals surface area contributed by atoms with Gasteiger partial charge < -0.3 is 18.9 Å². The summed E-state index contributed by atoms with van der Waals surface area (Å²) in [5.41, 5.74) is -0.729. The summed E-state index contributed by atoms with van der Waals surface area (Å²) in [7, 11) is 0. The Bertz CT molecular complexity index is 309. The van der Waals surface area contributed by atoms with Crippen molar-refractivity contribution in [1.29, 1.82) is 0 Å². The zero-order valence-corrected chi connectivity index (χ0v) is 13.0.